The summed E-state index contributed by atoms with van der Waals surface area (Å²) in [4.78, 5) is 11.5. The number of thiophene rings is 1. The maximum Gasteiger partial charge on any atom is 0.143 e. The molecule has 9 aromatic rings. The lowest BCUT2D eigenvalue weighted by Gasteiger charge is -2.09. The molecule has 0 amide bonds. The fourth-order valence-corrected chi connectivity index (χ4v) is 7.23. The van der Waals surface area contributed by atoms with E-state index < -0.39 is 0 Å². The van der Waals surface area contributed by atoms with Gasteiger partial charge in [-0.3, -0.25) is 0 Å². The topological polar surface area (TPSA) is 25.8 Å². The molecule has 2 heterocycles. The Morgan fingerprint density at radius 2 is 0.951 bits per heavy atom. The highest BCUT2D eigenvalue weighted by atomic mass is 32.1. The Balaban J connectivity index is 1.24. The van der Waals surface area contributed by atoms with Gasteiger partial charge >= 0.3 is 0 Å². The molecule has 41 heavy (non-hydrogen) atoms. The van der Waals surface area contributed by atoms with Crippen LogP contribution in [0.5, 0.6) is 0 Å². The maximum atomic E-state index is 5.32. The molecular weight excluding hydrogens is 516 g/mol. The number of fused-ring (bicyclic) bond motifs is 10. The Hall–Kier alpha value is -5.12. The Bertz CT molecular complexity index is 2490. The van der Waals surface area contributed by atoms with Crippen LogP contribution < -0.4 is 0 Å². The van der Waals surface area contributed by atoms with Crippen molar-refractivity contribution in [2.75, 3.05) is 0 Å². The molecule has 0 saturated heterocycles. The Labute approximate surface area is 240 Å². The molecule has 0 N–H and O–H groups in total. The monoisotopic (exact) mass is 538 g/mol. The van der Waals surface area contributed by atoms with Crippen LogP contribution in [0.4, 0.5) is 0 Å². The van der Waals surface area contributed by atoms with E-state index in [2.05, 4.69) is 133 Å². The first kappa shape index (κ1) is 22.7. The molecule has 0 fully saturated rings. The Morgan fingerprint density at radius 1 is 0.366 bits per heavy atom. The second kappa shape index (κ2) is 8.69. The number of hydrogen-bond acceptors (Lipinski definition) is 3. The van der Waals surface area contributed by atoms with Crippen LogP contribution in [0.25, 0.3) is 86.0 Å². The third-order valence-corrected chi connectivity index (χ3v) is 9.29. The second-order valence-electron chi connectivity index (χ2n) is 10.6. The Morgan fingerprint density at radius 3 is 1.71 bits per heavy atom. The highest BCUT2D eigenvalue weighted by Gasteiger charge is 2.16. The summed E-state index contributed by atoms with van der Waals surface area (Å²) in [6, 6.07) is 47.9. The van der Waals surface area contributed by atoms with E-state index in [1.165, 1.54) is 48.5 Å². The van der Waals surface area contributed by atoms with Crippen LogP contribution in [0.15, 0.2) is 133 Å². The van der Waals surface area contributed by atoms with Crippen LogP contribution >= 0.6 is 11.3 Å². The lowest BCUT2D eigenvalue weighted by molar-refractivity contribution is 1.46. The highest BCUT2D eigenvalue weighted by molar-refractivity contribution is 7.25. The number of hydrogen-bond donors (Lipinski definition) is 0. The van der Waals surface area contributed by atoms with Crippen LogP contribution in [0.1, 0.15) is 0 Å². The fraction of sp³-hybridized carbons (Fsp3) is 0. The standard InChI is InChI=1S/C38H22N2S/c1-2-9-24-20-27(17-16-23(24)8-1)25-10-7-11-26(21-25)28-18-19-34-33(22-28)37-38(41-34)40-36-32-15-6-4-13-30(32)29-12-3-5-14-31(29)35(36)39-37/h1-22H. The second-order valence-corrected chi connectivity index (χ2v) is 11.7. The molecule has 0 atom stereocenters. The van der Waals surface area contributed by atoms with E-state index in [1.54, 1.807) is 11.3 Å². The van der Waals surface area contributed by atoms with E-state index in [4.69, 9.17) is 9.97 Å². The highest BCUT2D eigenvalue weighted by Crippen LogP contribution is 2.39. The van der Waals surface area contributed by atoms with E-state index in [9.17, 15) is 0 Å². The van der Waals surface area contributed by atoms with Gasteiger partial charge in [0.25, 0.3) is 0 Å². The zero-order valence-electron chi connectivity index (χ0n) is 22.0. The van der Waals surface area contributed by atoms with Crippen molar-refractivity contribution < 1.29 is 0 Å². The van der Waals surface area contributed by atoms with Gasteiger partial charge in [0.2, 0.25) is 0 Å². The minimum Gasteiger partial charge on any atom is -0.242 e. The predicted molar refractivity (Wildman–Crippen MR) is 176 cm³/mol. The van der Waals surface area contributed by atoms with Crippen LogP contribution in [-0.2, 0) is 0 Å². The van der Waals surface area contributed by atoms with E-state index in [0.717, 1.165) is 37.5 Å². The molecule has 0 spiro atoms. The van der Waals surface area contributed by atoms with Crippen molar-refractivity contribution in [3.8, 4) is 22.3 Å². The van der Waals surface area contributed by atoms with Gasteiger partial charge in [-0.1, -0.05) is 109 Å². The molecule has 0 bridgehead atoms. The number of benzene rings is 7. The number of nitrogens with zero attached hydrogens (tertiary/aromatic N) is 2. The van der Waals surface area contributed by atoms with Gasteiger partial charge in [0.1, 0.15) is 10.3 Å². The zero-order chi connectivity index (χ0) is 26.9. The van der Waals surface area contributed by atoms with E-state index >= 15 is 0 Å². The average Bonchev–Trinajstić information content (AvgIpc) is 3.41. The zero-order valence-corrected chi connectivity index (χ0v) is 22.8. The summed E-state index contributed by atoms with van der Waals surface area (Å²) >= 11 is 1.72. The first-order chi connectivity index (χ1) is 20.3. The fourth-order valence-electron chi connectivity index (χ4n) is 6.23. The van der Waals surface area contributed by atoms with Crippen molar-refractivity contribution in [3.05, 3.63) is 133 Å². The summed E-state index contributed by atoms with van der Waals surface area (Å²) in [5.41, 5.74) is 7.74. The van der Waals surface area contributed by atoms with Gasteiger partial charge in [-0.15, -0.1) is 11.3 Å². The van der Waals surface area contributed by atoms with Crippen LogP contribution in [0.2, 0.25) is 0 Å². The molecule has 2 nitrogen and oxygen atoms in total. The largest absolute Gasteiger partial charge is 0.242 e. The van der Waals surface area contributed by atoms with Gasteiger partial charge < -0.3 is 0 Å². The van der Waals surface area contributed by atoms with Crippen molar-refractivity contribution in [1.82, 2.24) is 9.97 Å². The van der Waals surface area contributed by atoms with E-state index in [-0.39, 0.29) is 0 Å². The summed E-state index contributed by atoms with van der Waals surface area (Å²) in [5, 5.41) is 8.41. The minimum absolute atomic E-state index is 0.968. The van der Waals surface area contributed by atoms with Gasteiger partial charge in [-0.05, 0) is 68.1 Å². The third kappa shape index (κ3) is 3.49. The molecule has 0 aliphatic carbocycles. The first-order valence-electron chi connectivity index (χ1n) is 13.8. The summed E-state index contributed by atoms with van der Waals surface area (Å²) in [7, 11) is 0. The lowest BCUT2D eigenvalue weighted by Crippen LogP contribution is -1.89. The van der Waals surface area contributed by atoms with Crippen molar-refractivity contribution in [2.24, 2.45) is 0 Å². The molecule has 190 valence electrons. The van der Waals surface area contributed by atoms with Gasteiger partial charge in [0, 0.05) is 20.9 Å². The van der Waals surface area contributed by atoms with Crippen LogP contribution in [0.3, 0.4) is 0 Å². The van der Waals surface area contributed by atoms with Gasteiger partial charge in [0.15, 0.2) is 0 Å². The molecular formula is C38H22N2S. The van der Waals surface area contributed by atoms with Crippen molar-refractivity contribution in [1.29, 1.82) is 0 Å². The smallest absolute Gasteiger partial charge is 0.143 e. The molecule has 0 radical (unpaired) electrons. The number of aromatic nitrogens is 2. The summed E-state index contributed by atoms with van der Waals surface area (Å²) in [5.74, 6) is 0. The molecule has 7 aromatic carbocycles. The quantitative estimate of drug-likeness (QED) is 0.205. The molecule has 0 aliphatic heterocycles. The molecule has 0 saturated carbocycles. The van der Waals surface area contributed by atoms with Crippen LogP contribution in [-0.4, -0.2) is 9.97 Å². The maximum absolute atomic E-state index is 5.32. The van der Waals surface area contributed by atoms with Crippen molar-refractivity contribution in [2.45, 2.75) is 0 Å². The van der Waals surface area contributed by atoms with Gasteiger partial charge in [-0.2, -0.15) is 0 Å². The van der Waals surface area contributed by atoms with Gasteiger partial charge in [0.05, 0.1) is 11.0 Å². The van der Waals surface area contributed by atoms with Crippen molar-refractivity contribution in [3.63, 3.8) is 0 Å². The summed E-state index contributed by atoms with van der Waals surface area (Å²) in [6.45, 7) is 0. The lowest BCUT2D eigenvalue weighted by atomic mass is 9.97. The molecule has 2 aromatic heterocycles. The molecule has 3 heteroatoms. The van der Waals surface area contributed by atoms with E-state index in [0.29, 0.717) is 0 Å². The molecule has 9 rings (SSSR count). The average molecular weight is 539 g/mol. The predicted octanol–water partition coefficient (Wildman–Crippen LogP) is 10.8. The molecule has 0 aliphatic rings. The molecule has 0 unspecified atom stereocenters. The van der Waals surface area contributed by atoms with Gasteiger partial charge in [-0.25, -0.2) is 9.97 Å². The van der Waals surface area contributed by atoms with Crippen LogP contribution in [0, 0.1) is 0 Å². The normalized spacial score (nSPS) is 11.9. The van der Waals surface area contributed by atoms with Crippen molar-refractivity contribution >= 4 is 75.1 Å². The first-order valence-corrected chi connectivity index (χ1v) is 14.6. The SMILES string of the molecule is c1cc(-c2ccc3ccccc3c2)cc(-c2ccc3sc4nc5c6ccccc6c6ccccc6c5nc4c3c2)c1. The van der Waals surface area contributed by atoms with E-state index in [1.807, 2.05) is 0 Å². The third-order valence-electron chi connectivity index (χ3n) is 8.24. The summed E-state index contributed by atoms with van der Waals surface area (Å²) < 4.78 is 1.21. The Kier molecular flexibility index (Phi) is 4.80. The summed E-state index contributed by atoms with van der Waals surface area (Å²) in [6.07, 6.45) is 0. The number of rotatable bonds is 2. The minimum atomic E-state index is 0.968.